The quantitative estimate of drug-likeness (QED) is 0.751. The molecule has 0 aromatic heterocycles. The van der Waals surface area contributed by atoms with Gasteiger partial charge in [0.05, 0.1) is 13.2 Å². The number of morpholine rings is 1. The van der Waals surface area contributed by atoms with E-state index in [1.807, 2.05) is 12.1 Å². The first kappa shape index (κ1) is 13.3. The summed E-state index contributed by atoms with van der Waals surface area (Å²) in [5.74, 6) is 0. The molecule has 0 amide bonds. The van der Waals surface area contributed by atoms with Crippen LogP contribution in [0, 0.1) is 0 Å². The third-order valence-electron chi connectivity index (χ3n) is 2.81. The van der Waals surface area contributed by atoms with Gasteiger partial charge in [-0.15, -0.1) is 0 Å². The van der Waals surface area contributed by atoms with Crippen molar-refractivity contribution in [1.82, 2.24) is 9.03 Å². The molecule has 0 bridgehead atoms. The number of hydrogen-bond acceptors (Lipinski definition) is 4. The van der Waals surface area contributed by atoms with Crippen LogP contribution in [0.3, 0.4) is 0 Å². The van der Waals surface area contributed by atoms with Gasteiger partial charge in [0.25, 0.3) is 10.2 Å². The van der Waals surface area contributed by atoms with Gasteiger partial charge in [0, 0.05) is 25.3 Å². The number of hydrogen-bond donors (Lipinski definition) is 2. The van der Waals surface area contributed by atoms with E-state index in [0.717, 1.165) is 5.56 Å². The van der Waals surface area contributed by atoms with E-state index >= 15 is 0 Å². The van der Waals surface area contributed by atoms with Crippen molar-refractivity contribution >= 4 is 15.9 Å². The molecule has 1 fully saturated rings. The van der Waals surface area contributed by atoms with Crippen molar-refractivity contribution in [3.63, 3.8) is 0 Å². The fourth-order valence-corrected chi connectivity index (χ4v) is 2.89. The first-order valence-corrected chi connectivity index (χ1v) is 7.19. The SMILES string of the molecule is Nc1ccccc1CNS(=O)(=O)N1CCOCC1. The standard InChI is InChI=1S/C11H17N3O3S/c12-11-4-2-1-3-10(11)9-13-18(15,16)14-5-7-17-8-6-14/h1-4,13H,5-9,12H2. The van der Waals surface area contributed by atoms with E-state index in [4.69, 9.17) is 10.5 Å². The predicted molar refractivity (Wildman–Crippen MR) is 69.0 cm³/mol. The van der Waals surface area contributed by atoms with Crippen molar-refractivity contribution in [3.05, 3.63) is 29.8 Å². The second kappa shape index (κ2) is 5.66. The molecule has 1 aromatic rings. The van der Waals surface area contributed by atoms with E-state index in [2.05, 4.69) is 4.72 Å². The van der Waals surface area contributed by atoms with E-state index in [0.29, 0.717) is 32.0 Å². The van der Waals surface area contributed by atoms with Gasteiger partial charge in [-0.1, -0.05) is 18.2 Å². The van der Waals surface area contributed by atoms with E-state index in [1.54, 1.807) is 12.1 Å². The zero-order chi connectivity index (χ0) is 13.0. The number of rotatable bonds is 4. The Labute approximate surface area is 107 Å². The molecular formula is C11H17N3O3S. The third-order valence-corrected chi connectivity index (χ3v) is 4.36. The number of nitrogens with zero attached hydrogens (tertiary/aromatic N) is 1. The first-order chi connectivity index (χ1) is 8.59. The molecular weight excluding hydrogens is 254 g/mol. The lowest BCUT2D eigenvalue weighted by Crippen LogP contribution is -2.46. The molecule has 0 unspecified atom stereocenters. The number of nitrogens with one attached hydrogen (secondary N) is 1. The second-order valence-corrected chi connectivity index (χ2v) is 5.79. The Balaban J connectivity index is 1.98. The van der Waals surface area contributed by atoms with Crippen LogP contribution in [-0.2, 0) is 21.5 Å². The van der Waals surface area contributed by atoms with Crippen molar-refractivity contribution in [2.75, 3.05) is 32.0 Å². The lowest BCUT2D eigenvalue weighted by atomic mass is 10.2. The molecule has 0 saturated carbocycles. The number of nitrogens with two attached hydrogens (primary N) is 1. The lowest BCUT2D eigenvalue weighted by molar-refractivity contribution is 0.0725. The van der Waals surface area contributed by atoms with Crippen LogP contribution in [-0.4, -0.2) is 39.0 Å². The molecule has 0 atom stereocenters. The van der Waals surface area contributed by atoms with Gasteiger partial charge in [-0.2, -0.15) is 17.4 Å². The Morgan fingerprint density at radius 2 is 1.94 bits per heavy atom. The molecule has 1 aliphatic heterocycles. The van der Waals surface area contributed by atoms with Crippen LogP contribution in [0.5, 0.6) is 0 Å². The zero-order valence-electron chi connectivity index (χ0n) is 10.0. The Kier molecular flexibility index (Phi) is 4.18. The molecule has 18 heavy (non-hydrogen) atoms. The van der Waals surface area contributed by atoms with E-state index in [9.17, 15) is 8.42 Å². The molecule has 6 nitrogen and oxygen atoms in total. The highest BCUT2D eigenvalue weighted by Crippen LogP contribution is 2.11. The molecule has 0 aliphatic carbocycles. The largest absolute Gasteiger partial charge is 0.398 e. The predicted octanol–water partition coefficient (Wildman–Crippen LogP) is -0.0646. The van der Waals surface area contributed by atoms with Crippen molar-refractivity contribution in [2.24, 2.45) is 0 Å². The number of nitrogen functional groups attached to an aromatic ring is 1. The van der Waals surface area contributed by atoms with Crippen molar-refractivity contribution in [3.8, 4) is 0 Å². The molecule has 1 heterocycles. The second-order valence-electron chi connectivity index (χ2n) is 4.04. The maximum Gasteiger partial charge on any atom is 0.279 e. The normalized spacial score (nSPS) is 17.8. The summed E-state index contributed by atoms with van der Waals surface area (Å²) < 4.78 is 33.0. The molecule has 1 aliphatic rings. The van der Waals surface area contributed by atoms with Crippen LogP contribution in [0.1, 0.15) is 5.56 Å². The van der Waals surface area contributed by atoms with Crippen LogP contribution < -0.4 is 10.5 Å². The first-order valence-electron chi connectivity index (χ1n) is 5.75. The molecule has 100 valence electrons. The fourth-order valence-electron chi connectivity index (χ4n) is 1.74. The van der Waals surface area contributed by atoms with Gasteiger partial charge in [-0.25, -0.2) is 0 Å². The van der Waals surface area contributed by atoms with Crippen molar-refractivity contribution < 1.29 is 13.2 Å². The van der Waals surface area contributed by atoms with Gasteiger partial charge >= 0.3 is 0 Å². The Hall–Kier alpha value is -1.15. The summed E-state index contributed by atoms with van der Waals surface area (Å²) in [6.45, 7) is 1.86. The van der Waals surface area contributed by atoms with Crippen molar-refractivity contribution in [1.29, 1.82) is 0 Å². The van der Waals surface area contributed by atoms with Crippen LogP contribution in [0.15, 0.2) is 24.3 Å². The smallest absolute Gasteiger partial charge is 0.279 e. The summed E-state index contributed by atoms with van der Waals surface area (Å²) in [5, 5.41) is 0. The van der Waals surface area contributed by atoms with Gasteiger partial charge in [0.15, 0.2) is 0 Å². The average Bonchev–Trinajstić information content (AvgIpc) is 2.39. The minimum atomic E-state index is -3.45. The van der Waals surface area contributed by atoms with Crippen LogP contribution in [0.25, 0.3) is 0 Å². The summed E-state index contributed by atoms with van der Waals surface area (Å²) in [7, 11) is -3.45. The summed E-state index contributed by atoms with van der Waals surface area (Å²) in [6, 6.07) is 7.19. The Morgan fingerprint density at radius 1 is 1.28 bits per heavy atom. The number of benzene rings is 1. The molecule has 0 spiro atoms. The third kappa shape index (κ3) is 3.20. The topological polar surface area (TPSA) is 84.7 Å². The minimum absolute atomic E-state index is 0.201. The molecule has 3 N–H and O–H groups in total. The summed E-state index contributed by atoms with van der Waals surface area (Å²) in [6.07, 6.45) is 0. The van der Waals surface area contributed by atoms with E-state index < -0.39 is 10.2 Å². The van der Waals surface area contributed by atoms with Gasteiger partial charge in [-0.05, 0) is 11.6 Å². The lowest BCUT2D eigenvalue weighted by Gasteiger charge is -2.26. The summed E-state index contributed by atoms with van der Waals surface area (Å²) in [5.41, 5.74) is 7.12. The van der Waals surface area contributed by atoms with Crippen LogP contribution in [0.4, 0.5) is 5.69 Å². The molecule has 1 saturated heterocycles. The monoisotopic (exact) mass is 271 g/mol. The van der Waals surface area contributed by atoms with Crippen LogP contribution >= 0.6 is 0 Å². The fraction of sp³-hybridized carbons (Fsp3) is 0.455. The molecule has 2 rings (SSSR count). The number of para-hydroxylation sites is 1. The number of ether oxygens (including phenoxy) is 1. The maximum atomic E-state index is 12.0. The van der Waals surface area contributed by atoms with Crippen molar-refractivity contribution in [2.45, 2.75) is 6.54 Å². The van der Waals surface area contributed by atoms with Gasteiger partial charge in [-0.3, -0.25) is 0 Å². The van der Waals surface area contributed by atoms with Gasteiger partial charge < -0.3 is 10.5 Å². The summed E-state index contributed by atoms with van der Waals surface area (Å²) in [4.78, 5) is 0. The molecule has 0 radical (unpaired) electrons. The van der Waals surface area contributed by atoms with E-state index in [1.165, 1.54) is 4.31 Å². The van der Waals surface area contributed by atoms with Crippen LogP contribution in [0.2, 0.25) is 0 Å². The highest BCUT2D eigenvalue weighted by atomic mass is 32.2. The van der Waals surface area contributed by atoms with E-state index in [-0.39, 0.29) is 6.54 Å². The van der Waals surface area contributed by atoms with Gasteiger partial charge in [0.2, 0.25) is 0 Å². The Bertz CT molecular complexity index is 498. The average molecular weight is 271 g/mol. The molecule has 1 aromatic carbocycles. The zero-order valence-corrected chi connectivity index (χ0v) is 10.8. The minimum Gasteiger partial charge on any atom is -0.398 e. The highest BCUT2D eigenvalue weighted by molar-refractivity contribution is 7.87. The maximum absolute atomic E-state index is 12.0. The summed E-state index contributed by atoms with van der Waals surface area (Å²) >= 11 is 0. The van der Waals surface area contributed by atoms with Gasteiger partial charge in [0.1, 0.15) is 0 Å². The number of anilines is 1. The highest BCUT2D eigenvalue weighted by Gasteiger charge is 2.23. The molecule has 7 heteroatoms. The Morgan fingerprint density at radius 3 is 2.61 bits per heavy atom.